The van der Waals surface area contributed by atoms with Gasteiger partial charge in [-0.05, 0) is 31.7 Å². The Bertz CT molecular complexity index is 777. The molecular formula is C17H30N6O7S. The van der Waals surface area contributed by atoms with Crippen molar-refractivity contribution in [2.24, 2.45) is 5.92 Å². The van der Waals surface area contributed by atoms with Crippen molar-refractivity contribution in [2.45, 2.75) is 37.4 Å². The van der Waals surface area contributed by atoms with Crippen LogP contribution < -0.4 is 16.1 Å². The zero-order chi connectivity index (χ0) is 22.0. The van der Waals surface area contributed by atoms with Crippen molar-refractivity contribution in [2.75, 3.05) is 52.4 Å². The van der Waals surface area contributed by atoms with E-state index in [0.717, 1.165) is 45.7 Å². The maximum absolute atomic E-state index is 12.5. The van der Waals surface area contributed by atoms with Crippen molar-refractivity contribution >= 4 is 22.3 Å². The predicted molar refractivity (Wildman–Crippen MR) is 107 cm³/mol. The molecule has 4 atom stereocenters. The van der Waals surface area contributed by atoms with Crippen LogP contribution in [0.4, 0.5) is 4.79 Å². The summed E-state index contributed by atoms with van der Waals surface area (Å²) >= 11 is 0. The fraction of sp³-hybridized carbons (Fsp3) is 0.882. The second-order valence-corrected chi connectivity index (χ2v) is 9.55. The van der Waals surface area contributed by atoms with E-state index in [-0.39, 0.29) is 12.6 Å². The minimum atomic E-state index is -4.81. The van der Waals surface area contributed by atoms with Gasteiger partial charge in [-0.25, -0.2) is 10.3 Å². The predicted octanol–water partition coefficient (Wildman–Crippen LogP) is -2.08. The topological polar surface area (TPSA) is 153 Å². The summed E-state index contributed by atoms with van der Waals surface area (Å²) in [6.45, 7) is 6.63. The van der Waals surface area contributed by atoms with Crippen LogP contribution in [-0.4, -0.2) is 110 Å². The summed E-state index contributed by atoms with van der Waals surface area (Å²) in [6.07, 6.45) is 1.68. The number of carbonyl (C=O) groups excluding carboxylic acids is 2. The van der Waals surface area contributed by atoms with Crippen LogP contribution in [0.3, 0.4) is 0 Å². The Kier molecular flexibility index (Phi) is 6.95. The lowest BCUT2D eigenvalue weighted by Crippen LogP contribution is -2.50. The van der Waals surface area contributed by atoms with Gasteiger partial charge in [0.15, 0.2) is 0 Å². The van der Waals surface area contributed by atoms with Crippen LogP contribution in [-0.2, 0) is 24.3 Å². The van der Waals surface area contributed by atoms with E-state index >= 15 is 0 Å². The van der Waals surface area contributed by atoms with Gasteiger partial charge in [-0.2, -0.15) is 13.5 Å². The molecule has 2 bridgehead atoms. The number of piperidine rings is 1. The first kappa shape index (κ1) is 22.6. The van der Waals surface area contributed by atoms with Crippen molar-refractivity contribution in [1.29, 1.82) is 0 Å². The summed E-state index contributed by atoms with van der Waals surface area (Å²) in [7, 11) is -4.81. The molecule has 14 heteroatoms. The summed E-state index contributed by atoms with van der Waals surface area (Å²) in [5.74, 6) is 0.0876. The van der Waals surface area contributed by atoms with E-state index in [4.69, 9.17) is 9.39 Å². The van der Waals surface area contributed by atoms with Crippen molar-refractivity contribution < 1.29 is 31.7 Å². The summed E-state index contributed by atoms with van der Waals surface area (Å²) in [5, 5.41) is 7.39. The zero-order valence-corrected chi connectivity index (χ0v) is 18.1. The summed E-state index contributed by atoms with van der Waals surface area (Å²) in [4.78, 5) is 34.0. The Morgan fingerprint density at radius 2 is 2.03 bits per heavy atom. The minimum Gasteiger partial charge on any atom is -0.314 e. The third-order valence-corrected chi connectivity index (χ3v) is 6.65. The largest absolute Gasteiger partial charge is 0.418 e. The van der Waals surface area contributed by atoms with E-state index in [0.29, 0.717) is 30.4 Å². The van der Waals surface area contributed by atoms with Crippen molar-refractivity contribution in [3.8, 4) is 0 Å². The van der Waals surface area contributed by atoms with Gasteiger partial charge in [0.2, 0.25) is 0 Å². The number of hydrogen-bond donors (Lipinski definition) is 4. The van der Waals surface area contributed by atoms with Gasteiger partial charge in [-0.3, -0.25) is 14.2 Å². The molecule has 4 rings (SSSR count). The number of piperazine rings is 1. The van der Waals surface area contributed by atoms with Crippen LogP contribution in [0, 0.1) is 5.92 Å². The average molecular weight is 463 g/mol. The van der Waals surface area contributed by atoms with Crippen LogP contribution >= 0.6 is 0 Å². The first-order valence-corrected chi connectivity index (χ1v) is 12.0. The van der Waals surface area contributed by atoms with Crippen LogP contribution in [0.5, 0.6) is 0 Å². The molecule has 176 valence electrons. The van der Waals surface area contributed by atoms with Gasteiger partial charge in [-0.1, -0.05) is 0 Å². The molecule has 4 N–H and O–H groups in total. The smallest absolute Gasteiger partial charge is 0.314 e. The minimum absolute atomic E-state index is 0.143. The Morgan fingerprint density at radius 3 is 2.77 bits per heavy atom. The van der Waals surface area contributed by atoms with E-state index in [2.05, 4.69) is 25.3 Å². The molecule has 3 amide bonds. The molecule has 4 aliphatic rings. The molecule has 0 unspecified atom stereocenters. The molecule has 0 saturated carbocycles. The highest BCUT2D eigenvalue weighted by Crippen LogP contribution is 2.30. The van der Waals surface area contributed by atoms with Gasteiger partial charge in [0, 0.05) is 45.3 Å². The Hall–Kier alpha value is -1.55. The van der Waals surface area contributed by atoms with E-state index in [1.807, 2.05) is 0 Å². The normalized spacial score (nSPS) is 32.0. The molecular weight excluding hydrogens is 432 g/mol. The molecule has 0 aromatic heterocycles. The summed E-state index contributed by atoms with van der Waals surface area (Å²) in [6, 6.07) is -1.94. The molecule has 31 heavy (non-hydrogen) atoms. The molecule has 0 aromatic carbocycles. The standard InChI is InChI=1S/C17H30N6O7S/c24-16(15-2-1-14-10-22(15)17(25)23(14)30-31(26,27)28)20-29-11-13-7-12(8-19-13)9-21-5-3-18-4-6-21/h12-15,18-19H,1-11H2,(H,20,24)(H,26,27,28)/t12-,13+,14-,15+/m1/s1. The van der Waals surface area contributed by atoms with Crippen molar-refractivity contribution in [3.05, 3.63) is 0 Å². The van der Waals surface area contributed by atoms with Gasteiger partial charge in [0.25, 0.3) is 5.91 Å². The lowest BCUT2D eigenvalue weighted by molar-refractivity contribution is -0.139. The van der Waals surface area contributed by atoms with Crippen molar-refractivity contribution in [3.63, 3.8) is 0 Å². The summed E-state index contributed by atoms with van der Waals surface area (Å²) in [5.41, 5.74) is 2.42. The second-order valence-electron chi connectivity index (χ2n) is 8.54. The number of amides is 3. The van der Waals surface area contributed by atoms with Crippen molar-refractivity contribution in [1.82, 2.24) is 31.0 Å². The number of rotatable bonds is 8. The molecule has 4 saturated heterocycles. The quantitative estimate of drug-likeness (QED) is 0.234. The lowest BCUT2D eigenvalue weighted by Gasteiger charge is -2.29. The Labute approximate surface area is 181 Å². The van der Waals surface area contributed by atoms with E-state index in [1.165, 1.54) is 4.90 Å². The number of hydrogen-bond acceptors (Lipinski definition) is 9. The maximum atomic E-state index is 12.5. The molecule has 13 nitrogen and oxygen atoms in total. The van der Waals surface area contributed by atoms with Gasteiger partial charge in [0.1, 0.15) is 6.04 Å². The lowest BCUT2D eigenvalue weighted by atomic mass is 10.0. The third-order valence-electron chi connectivity index (χ3n) is 6.30. The molecule has 0 aromatic rings. The number of fused-ring (bicyclic) bond motifs is 2. The van der Waals surface area contributed by atoms with Crippen LogP contribution in [0.1, 0.15) is 19.3 Å². The number of hydroxylamine groups is 3. The Balaban J connectivity index is 1.19. The summed E-state index contributed by atoms with van der Waals surface area (Å²) < 4.78 is 35.1. The number of carbonyl (C=O) groups is 2. The zero-order valence-electron chi connectivity index (χ0n) is 17.2. The number of urea groups is 1. The van der Waals surface area contributed by atoms with Crippen LogP contribution in [0.2, 0.25) is 0 Å². The molecule has 4 fully saturated rings. The van der Waals surface area contributed by atoms with E-state index < -0.39 is 34.4 Å². The average Bonchev–Trinajstić information content (AvgIpc) is 3.26. The fourth-order valence-corrected chi connectivity index (χ4v) is 5.20. The van der Waals surface area contributed by atoms with Crippen LogP contribution in [0.25, 0.3) is 0 Å². The van der Waals surface area contributed by atoms with Gasteiger partial charge in [0.05, 0.1) is 12.6 Å². The van der Waals surface area contributed by atoms with Gasteiger partial charge >= 0.3 is 16.4 Å². The molecule has 0 spiro atoms. The SMILES string of the molecule is O=C(NOC[C@@H]1C[C@@H](CN2CCNCC2)CN1)[C@@H]1CC[C@@H]2CN1C(=O)N2OS(=O)(=O)O. The van der Waals surface area contributed by atoms with Gasteiger partial charge < -0.3 is 20.4 Å². The monoisotopic (exact) mass is 462 g/mol. The molecule has 0 radical (unpaired) electrons. The van der Waals surface area contributed by atoms with E-state index in [1.54, 1.807) is 0 Å². The number of nitrogens with one attached hydrogen (secondary N) is 3. The molecule has 4 aliphatic heterocycles. The maximum Gasteiger partial charge on any atom is 0.418 e. The Morgan fingerprint density at radius 1 is 1.26 bits per heavy atom. The molecule has 4 heterocycles. The third kappa shape index (κ3) is 5.63. The first-order valence-electron chi connectivity index (χ1n) is 10.6. The van der Waals surface area contributed by atoms with Crippen LogP contribution in [0.15, 0.2) is 0 Å². The first-order chi connectivity index (χ1) is 14.8. The highest BCUT2D eigenvalue weighted by Gasteiger charge is 2.49. The highest BCUT2D eigenvalue weighted by molar-refractivity contribution is 7.80. The number of nitrogens with zero attached hydrogens (tertiary/aromatic N) is 3. The highest BCUT2D eigenvalue weighted by atomic mass is 32.3. The van der Waals surface area contributed by atoms with Gasteiger partial charge in [-0.15, -0.1) is 4.28 Å². The fourth-order valence-electron chi connectivity index (χ4n) is 4.81. The van der Waals surface area contributed by atoms with E-state index in [9.17, 15) is 18.0 Å². The molecule has 0 aliphatic carbocycles. The second kappa shape index (κ2) is 9.52.